The van der Waals surface area contributed by atoms with Gasteiger partial charge in [-0.15, -0.1) is 0 Å². The molecule has 4 aromatic heterocycles. The minimum absolute atomic E-state index is 0.141. The van der Waals surface area contributed by atoms with E-state index >= 15 is 0 Å². The summed E-state index contributed by atoms with van der Waals surface area (Å²) in [5.74, 6) is 0. The first-order chi connectivity index (χ1) is 34.1. The summed E-state index contributed by atoms with van der Waals surface area (Å²) in [7, 11) is 3.22. The van der Waals surface area contributed by atoms with Gasteiger partial charge < -0.3 is 23.9 Å². The van der Waals surface area contributed by atoms with Crippen LogP contribution < -0.4 is 27.2 Å². The zero-order valence-electron chi connectivity index (χ0n) is 40.7. The third kappa shape index (κ3) is 13.9. The molecule has 16 nitrogen and oxygen atoms in total. The van der Waals surface area contributed by atoms with Crippen LogP contribution in [0.4, 0.5) is 0 Å². The molecule has 1 N–H and O–H groups in total. The van der Waals surface area contributed by atoms with Crippen LogP contribution in [0.1, 0.15) is 60.1 Å². The van der Waals surface area contributed by atoms with E-state index in [1.165, 1.54) is 23.8 Å². The van der Waals surface area contributed by atoms with Gasteiger partial charge in [-0.2, -0.15) is 4.98 Å². The van der Waals surface area contributed by atoms with Crippen LogP contribution >= 0.6 is 39.1 Å². The smallest absolute Gasteiger partial charge is 0.332 e. The summed E-state index contributed by atoms with van der Waals surface area (Å²) in [6.07, 6.45) is 1.74. The van der Waals surface area contributed by atoms with E-state index in [4.69, 9.17) is 42.5 Å². The Balaban J connectivity index is 0.000000202. The van der Waals surface area contributed by atoms with E-state index in [2.05, 4.69) is 25.9 Å². The zero-order valence-corrected chi connectivity index (χ0v) is 43.8. The molecule has 0 atom stereocenters. The number of halogens is 3. The number of fused-ring (bicyclic) bond motifs is 2. The molecule has 0 aliphatic heterocycles. The molecule has 0 fully saturated rings. The van der Waals surface area contributed by atoms with Crippen LogP contribution in [0.5, 0.6) is 6.01 Å². The highest BCUT2D eigenvalue weighted by atomic mass is 79.9. The number of ether oxygens (including phenoxy) is 3. The number of aliphatic hydroxyl groups is 1. The van der Waals surface area contributed by atoms with Gasteiger partial charge in [0.2, 0.25) is 0 Å². The van der Waals surface area contributed by atoms with E-state index in [9.17, 15) is 19.2 Å². The molecule has 0 saturated carbocycles. The second kappa shape index (κ2) is 25.9. The number of hydrogen-bond acceptors (Lipinski definition) is 10. The highest BCUT2D eigenvalue weighted by Gasteiger charge is 2.23. The van der Waals surface area contributed by atoms with Gasteiger partial charge in [0, 0.05) is 37.4 Å². The Hall–Kier alpha value is -6.08. The normalized spacial score (nSPS) is 11.1. The lowest BCUT2D eigenvalue weighted by Crippen LogP contribution is -2.40. The maximum atomic E-state index is 13.5. The number of nitrogens with zero attached hydrogens (tertiary/aromatic N) is 8. The van der Waals surface area contributed by atoms with Crippen molar-refractivity contribution in [2.24, 2.45) is 14.1 Å². The topological polar surface area (TPSA) is 172 Å². The Kier molecular flexibility index (Phi) is 19.8. The van der Waals surface area contributed by atoms with Crippen molar-refractivity contribution in [3.05, 3.63) is 187 Å². The molecule has 71 heavy (non-hydrogen) atoms. The fraction of sp³-hybridized carbons (Fsp3) is 0.346. The molecule has 8 aromatic rings. The van der Waals surface area contributed by atoms with Crippen molar-refractivity contribution < 1.29 is 19.3 Å². The van der Waals surface area contributed by atoms with Crippen LogP contribution in [0.2, 0.25) is 10.0 Å². The Morgan fingerprint density at radius 1 is 0.577 bits per heavy atom. The fourth-order valence-electron chi connectivity index (χ4n) is 7.60. The number of hydrogen-bond donors (Lipinski definition) is 1. The van der Waals surface area contributed by atoms with E-state index in [1.807, 2.05) is 100 Å². The number of aliphatic hydroxyl groups excluding tert-OH is 1. The fourth-order valence-corrected chi connectivity index (χ4v) is 8.32. The summed E-state index contributed by atoms with van der Waals surface area (Å²) in [5, 5.41) is 9.93. The Labute approximate surface area is 429 Å². The molecule has 19 heteroatoms. The van der Waals surface area contributed by atoms with Crippen LogP contribution in [-0.2, 0) is 63.0 Å². The van der Waals surface area contributed by atoms with Gasteiger partial charge in [-0.25, -0.2) is 14.6 Å². The molecule has 0 saturated heterocycles. The molecule has 4 heterocycles. The lowest BCUT2D eigenvalue weighted by atomic mass is 10.1. The highest BCUT2D eigenvalue weighted by molar-refractivity contribution is 9.10. The second-order valence-corrected chi connectivity index (χ2v) is 18.4. The lowest BCUT2D eigenvalue weighted by Gasteiger charge is -2.12. The van der Waals surface area contributed by atoms with Gasteiger partial charge in [0.25, 0.3) is 17.1 Å². The molecule has 0 aliphatic rings. The van der Waals surface area contributed by atoms with Crippen molar-refractivity contribution in [1.82, 2.24) is 37.4 Å². The molecule has 0 radical (unpaired) electrons. The number of aromatic nitrogens is 8. The largest absolute Gasteiger partial charge is 0.460 e. The predicted octanol–water partition coefficient (Wildman–Crippen LogP) is 8.19. The van der Waals surface area contributed by atoms with Gasteiger partial charge in [-0.1, -0.05) is 121 Å². The average molecular weight is 1070 g/mol. The van der Waals surface area contributed by atoms with Gasteiger partial charge in [0.05, 0.1) is 46.0 Å². The first kappa shape index (κ1) is 54.3. The maximum absolute atomic E-state index is 13.5. The van der Waals surface area contributed by atoms with Gasteiger partial charge in [0.1, 0.15) is 6.61 Å². The Morgan fingerprint density at radius 3 is 1.49 bits per heavy atom. The number of aryl methyl sites for hydroxylation is 4. The second-order valence-electron chi connectivity index (χ2n) is 16.8. The lowest BCUT2D eigenvalue weighted by molar-refractivity contribution is 0.125. The maximum Gasteiger partial charge on any atom is 0.332 e. The molecule has 4 aromatic carbocycles. The van der Waals surface area contributed by atoms with Crippen LogP contribution in [0.15, 0.2) is 121 Å². The summed E-state index contributed by atoms with van der Waals surface area (Å²) in [6.45, 7) is 11.3. The van der Waals surface area contributed by atoms with Gasteiger partial charge >= 0.3 is 11.4 Å². The molecule has 0 aliphatic carbocycles. The molecule has 0 bridgehead atoms. The standard InChI is InChI=1S/C26H29ClN4O4.C18H20BrClN4O3.C8H10O/c1-4-13-34-14-12-30-24(32)22-23(29(3)26(30)33)28-25(35-17-20-7-5-6-18(2)15-20)31(22)16-19-8-10-21(27)11-9-19;1-3-9-27-10-8-23-16(25)14-15(22(2)18(23)26)21-17(19)24(14)11-12-4-6-13(20)7-5-12;1-7-3-2-4-8(5-7)6-9/h5-11,15H,4,12-14,16-17H2,1-3H3;4-7H,3,8-11H2,1-2H3;2-5,9H,6H2,1H3. The summed E-state index contributed by atoms with van der Waals surface area (Å²) in [4.78, 5) is 61.0. The summed E-state index contributed by atoms with van der Waals surface area (Å²) >= 11 is 15.4. The third-order valence-electron chi connectivity index (χ3n) is 11.2. The number of benzene rings is 4. The van der Waals surface area contributed by atoms with Crippen molar-refractivity contribution in [3.63, 3.8) is 0 Å². The highest BCUT2D eigenvalue weighted by Crippen LogP contribution is 2.23. The van der Waals surface area contributed by atoms with Crippen LogP contribution in [-0.4, -0.2) is 68.9 Å². The monoisotopic (exact) mass is 1070 g/mol. The van der Waals surface area contributed by atoms with Crippen molar-refractivity contribution >= 4 is 61.5 Å². The van der Waals surface area contributed by atoms with Crippen LogP contribution in [0.25, 0.3) is 22.3 Å². The summed E-state index contributed by atoms with van der Waals surface area (Å²) in [5.41, 5.74) is 5.81. The Bertz CT molecular complexity index is 3310. The quantitative estimate of drug-likeness (QED) is 0.0653. The zero-order chi connectivity index (χ0) is 51.2. The molecule has 0 spiro atoms. The Morgan fingerprint density at radius 2 is 1.03 bits per heavy atom. The van der Waals surface area contributed by atoms with Crippen molar-refractivity contribution in [2.75, 3.05) is 26.4 Å². The predicted molar refractivity (Wildman–Crippen MR) is 282 cm³/mol. The van der Waals surface area contributed by atoms with E-state index < -0.39 is 16.9 Å². The summed E-state index contributed by atoms with van der Waals surface area (Å²) in [6, 6.07) is 30.8. The SMILES string of the molecule is CCCOCCn1c(=O)c2c(nc(Br)n2Cc2ccc(Cl)cc2)n(C)c1=O.CCCOCCn1c(=O)c2c(nc(OCc3cccc(C)c3)n2Cc2ccc(Cl)cc2)n(C)c1=O.Cc1cccc(CO)c1. The molecular formula is C52H59BrCl2N8O8. The molecular weight excluding hydrogens is 1020 g/mol. The molecule has 0 unspecified atom stereocenters. The first-order valence-corrected chi connectivity index (χ1v) is 24.7. The molecule has 0 amide bonds. The van der Waals surface area contributed by atoms with Crippen LogP contribution in [0, 0.1) is 13.8 Å². The van der Waals surface area contributed by atoms with Gasteiger partial charge in [-0.3, -0.25) is 32.4 Å². The first-order valence-electron chi connectivity index (χ1n) is 23.2. The molecule has 8 rings (SSSR count). The minimum atomic E-state index is -0.441. The van der Waals surface area contributed by atoms with Gasteiger partial charge in [0.15, 0.2) is 27.1 Å². The van der Waals surface area contributed by atoms with Crippen molar-refractivity contribution in [3.8, 4) is 6.01 Å². The third-order valence-corrected chi connectivity index (χ3v) is 12.3. The van der Waals surface area contributed by atoms with Crippen molar-refractivity contribution in [1.29, 1.82) is 0 Å². The number of rotatable bonds is 18. The minimum Gasteiger partial charge on any atom is -0.460 e. The van der Waals surface area contributed by atoms with Gasteiger partial charge in [-0.05, 0) is 89.1 Å². The molecule has 376 valence electrons. The van der Waals surface area contributed by atoms with Crippen molar-refractivity contribution in [2.45, 2.75) is 79.9 Å². The van der Waals surface area contributed by atoms with E-state index in [0.717, 1.165) is 40.7 Å². The average Bonchev–Trinajstić information content (AvgIpc) is 3.89. The van der Waals surface area contributed by atoms with E-state index in [-0.39, 0.29) is 50.1 Å². The van der Waals surface area contributed by atoms with E-state index in [1.54, 1.807) is 47.5 Å². The van der Waals surface area contributed by atoms with E-state index in [0.29, 0.717) is 64.4 Å². The number of imidazole rings is 2. The van der Waals surface area contributed by atoms with Crippen LogP contribution in [0.3, 0.4) is 0 Å². The summed E-state index contributed by atoms with van der Waals surface area (Å²) < 4.78 is 26.2.